The highest BCUT2D eigenvalue weighted by atomic mass is 32.1. The van der Waals surface area contributed by atoms with E-state index in [2.05, 4.69) is 5.32 Å². The summed E-state index contributed by atoms with van der Waals surface area (Å²) >= 11 is 1.25. The van der Waals surface area contributed by atoms with Crippen molar-refractivity contribution in [2.45, 2.75) is 25.9 Å². The number of hydrogen-bond acceptors (Lipinski definition) is 4. The third kappa shape index (κ3) is 3.63. The first-order valence-electron chi connectivity index (χ1n) is 4.86. The Labute approximate surface area is 97.3 Å². The van der Waals surface area contributed by atoms with Gasteiger partial charge in [0.05, 0.1) is 11.7 Å². The molecule has 0 aromatic carbocycles. The van der Waals surface area contributed by atoms with Gasteiger partial charge in [-0.05, 0) is 24.8 Å². The van der Waals surface area contributed by atoms with Crippen LogP contribution in [0.5, 0.6) is 0 Å². The molecule has 1 aromatic rings. The summed E-state index contributed by atoms with van der Waals surface area (Å²) in [6, 6.07) is 1.57. The Bertz CT molecular complexity index is 387. The third-order valence-electron chi connectivity index (χ3n) is 1.97. The van der Waals surface area contributed by atoms with Crippen LogP contribution in [-0.2, 0) is 4.79 Å². The minimum Gasteiger partial charge on any atom is -0.393 e. The molecule has 0 radical (unpaired) electrons. The Kier molecular flexibility index (Phi) is 4.45. The van der Waals surface area contributed by atoms with Gasteiger partial charge in [0.1, 0.15) is 5.00 Å². The van der Waals surface area contributed by atoms with Gasteiger partial charge in [-0.1, -0.05) is 0 Å². The molecule has 0 aliphatic heterocycles. The van der Waals surface area contributed by atoms with Crippen LogP contribution >= 0.6 is 11.3 Å². The number of primary amides is 1. The topological polar surface area (TPSA) is 92.4 Å². The number of nitrogens with one attached hydrogen (secondary N) is 1. The van der Waals surface area contributed by atoms with E-state index < -0.39 is 12.0 Å². The molecule has 0 fully saturated rings. The maximum atomic E-state index is 11.4. The van der Waals surface area contributed by atoms with Crippen LogP contribution in [0.3, 0.4) is 0 Å². The highest BCUT2D eigenvalue weighted by Crippen LogP contribution is 2.22. The number of aliphatic hydroxyl groups is 1. The summed E-state index contributed by atoms with van der Waals surface area (Å²) in [7, 11) is 0. The number of anilines is 1. The van der Waals surface area contributed by atoms with E-state index in [1.807, 2.05) is 0 Å². The molecule has 16 heavy (non-hydrogen) atoms. The number of thiophene rings is 1. The van der Waals surface area contributed by atoms with Gasteiger partial charge in [0.2, 0.25) is 5.91 Å². The number of rotatable bonds is 5. The van der Waals surface area contributed by atoms with Crippen LogP contribution in [0.1, 0.15) is 30.1 Å². The SMILES string of the molecule is CC(O)CCC(=O)Nc1sccc1C(N)=O. The lowest BCUT2D eigenvalue weighted by molar-refractivity contribution is -0.116. The van der Waals surface area contributed by atoms with Gasteiger partial charge in [0.15, 0.2) is 0 Å². The minimum atomic E-state index is -0.563. The van der Waals surface area contributed by atoms with Gasteiger partial charge in [0, 0.05) is 6.42 Å². The Morgan fingerprint density at radius 1 is 1.62 bits per heavy atom. The molecule has 0 saturated heterocycles. The number of nitrogens with two attached hydrogens (primary N) is 1. The first-order chi connectivity index (χ1) is 7.50. The molecule has 6 heteroatoms. The summed E-state index contributed by atoms with van der Waals surface area (Å²) in [6.07, 6.45) is 0.0985. The molecular weight excluding hydrogens is 228 g/mol. The summed E-state index contributed by atoms with van der Waals surface area (Å²) in [6.45, 7) is 1.62. The molecule has 88 valence electrons. The van der Waals surface area contributed by atoms with Gasteiger partial charge in [0.25, 0.3) is 5.91 Å². The zero-order chi connectivity index (χ0) is 12.1. The normalized spacial score (nSPS) is 12.1. The average molecular weight is 242 g/mol. The van der Waals surface area contributed by atoms with Crippen LogP contribution in [0.15, 0.2) is 11.4 Å². The van der Waals surface area contributed by atoms with Crippen molar-refractivity contribution < 1.29 is 14.7 Å². The second kappa shape index (κ2) is 5.62. The van der Waals surface area contributed by atoms with E-state index in [1.54, 1.807) is 18.4 Å². The van der Waals surface area contributed by atoms with Crippen molar-refractivity contribution in [1.82, 2.24) is 0 Å². The van der Waals surface area contributed by atoms with Crippen molar-refractivity contribution in [3.8, 4) is 0 Å². The smallest absolute Gasteiger partial charge is 0.251 e. The molecular formula is C10H14N2O3S. The van der Waals surface area contributed by atoms with Gasteiger partial charge >= 0.3 is 0 Å². The van der Waals surface area contributed by atoms with E-state index >= 15 is 0 Å². The fraction of sp³-hybridized carbons (Fsp3) is 0.400. The molecule has 2 amide bonds. The predicted molar refractivity (Wildman–Crippen MR) is 62.4 cm³/mol. The largest absolute Gasteiger partial charge is 0.393 e. The van der Waals surface area contributed by atoms with Crippen molar-refractivity contribution in [2.75, 3.05) is 5.32 Å². The van der Waals surface area contributed by atoms with E-state index in [0.717, 1.165) is 0 Å². The quantitative estimate of drug-likeness (QED) is 0.717. The van der Waals surface area contributed by atoms with Crippen molar-refractivity contribution in [3.63, 3.8) is 0 Å². The van der Waals surface area contributed by atoms with Gasteiger partial charge in [-0.25, -0.2) is 0 Å². The summed E-state index contributed by atoms with van der Waals surface area (Å²) in [5.74, 6) is -0.794. The van der Waals surface area contributed by atoms with Crippen LogP contribution in [0.2, 0.25) is 0 Å². The van der Waals surface area contributed by atoms with Gasteiger partial charge in [-0.2, -0.15) is 0 Å². The molecule has 1 heterocycles. The third-order valence-corrected chi connectivity index (χ3v) is 2.80. The molecule has 0 saturated carbocycles. The van der Waals surface area contributed by atoms with Crippen LogP contribution < -0.4 is 11.1 Å². The zero-order valence-corrected chi connectivity index (χ0v) is 9.71. The van der Waals surface area contributed by atoms with E-state index in [9.17, 15) is 9.59 Å². The lowest BCUT2D eigenvalue weighted by Gasteiger charge is -2.05. The van der Waals surface area contributed by atoms with Crippen LogP contribution in [-0.4, -0.2) is 23.0 Å². The maximum absolute atomic E-state index is 11.4. The second-order valence-corrected chi connectivity index (χ2v) is 4.38. The van der Waals surface area contributed by atoms with Crippen LogP contribution in [0.25, 0.3) is 0 Å². The molecule has 0 spiro atoms. The molecule has 0 aliphatic carbocycles. The molecule has 1 atom stereocenters. The molecule has 0 aliphatic rings. The molecule has 1 aromatic heterocycles. The Hall–Kier alpha value is -1.40. The zero-order valence-electron chi connectivity index (χ0n) is 8.90. The maximum Gasteiger partial charge on any atom is 0.251 e. The number of hydrogen-bond donors (Lipinski definition) is 3. The fourth-order valence-electron chi connectivity index (χ4n) is 1.13. The molecule has 1 unspecified atom stereocenters. The van der Waals surface area contributed by atoms with Gasteiger partial charge in [-0.15, -0.1) is 11.3 Å². The number of carbonyl (C=O) groups excluding carboxylic acids is 2. The molecule has 5 nitrogen and oxygen atoms in total. The van der Waals surface area contributed by atoms with Crippen molar-refractivity contribution >= 4 is 28.2 Å². The van der Waals surface area contributed by atoms with Crippen molar-refractivity contribution in [2.24, 2.45) is 5.73 Å². The average Bonchev–Trinajstić information content (AvgIpc) is 2.62. The lowest BCUT2D eigenvalue weighted by atomic mass is 10.2. The first kappa shape index (κ1) is 12.7. The van der Waals surface area contributed by atoms with E-state index in [-0.39, 0.29) is 12.3 Å². The van der Waals surface area contributed by atoms with Crippen molar-refractivity contribution in [3.05, 3.63) is 17.0 Å². The highest BCUT2D eigenvalue weighted by Gasteiger charge is 2.12. The number of aliphatic hydroxyl groups excluding tert-OH is 1. The molecule has 4 N–H and O–H groups in total. The van der Waals surface area contributed by atoms with Crippen LogP contribution in [0.4, 0.5) is 5.00 Å². The number of amides is 2. The van der Waals surface area contributed by atoms with Gasteiger partial charge in [-0.3, -0.25) is 9.59 Å². The van der Waals surface area contributed by atoms with Crippen LogP contribution in [0, 0.1) is 0 Å². The summed E-state index contributed by atoms with van der Waals surface area (Å²) in [5, 5.41) is 13.8. The first-order valence-corrected chi connectivity index (χ1v) is 5.74. The number of carbonyl (C=O) groups is 2. The Balaban J connectivity index is 2.56. The fourth-order valence-corrected chi connectivity index (χ4v) is 1.94. The van der Waals surface area contributed by atoms with Gasteiger partial charge < -0.3 is 16.2 Å². The minimum absolute atomic E-state index is 0.216. The molecule has 0 bridgehead atoms. The van der Waals surface area contributed by atoms with E-state index in [0.29, 0.717) is 17.0 Å². The van der Waals surface area contributed by atoms with E-state index in [1.165, 1.54) is 11.3 Å². The summed E-state index contributed by atoms with van der Waals surface area (Å²) < 4.78 is 0. The Morgan fingerprint density at radius 3 is 2.88 bits per heavy atom. The second-order valence-electron chi connectivity index (χ2n) is 3.46. The van der Waals surface area contributed by atoms with E-state index in [4.69, 9.17) is 10.8 Å². The standard InChI is InChI=1S/C10H14N2O3S/c1-6(13)2-3-8(14)12-10-7(9(11)15)4-5-16-10/h4-6,13H,2-3H2,1H3,(H2,11,15)(H,12,14). The van der Waals surface area contributed by atoms with Crippen molar-refractivity contribution in [1.29, 1.82) is 0 Å². The molecule has 1 rings (SSSR count). The Morgan fingerprint density at radius 2 is 2.31 bits per heavy atom. The summed E-state index contributed by atoms with van der Waals surface area (Å²) in [4.78, 5) is 22.4. The highest BCUT2D eigenvalue weighted by molar-refractivity contribution is 7.14. The predicted octanol–water partition coefficient (Wildman–Crippen LogP) is 0.947. The lowest BCUT2D eigenvalue weighted by Crippen LogP contribution is -2.17. The summed E-state index contributed by atoms with van der Waals surface area (Å²) in [5.41, 5.74) is 5.45. The monoisotopic (exact) mass is 242 g/mol.